The molecule has 1 amide bonds. The van der Waals surface area contributed by atoms with Crippen molar-refractivity contribution in [1.29, 1.82) is 0 Å². The molecule has 0 aromatic heterocycles. The van der Waals surface area contributed by atoms with Gasteiger partial charge in [-0.3, -0.25) is 9.59 Å². The van der Waals surface area contributed by atoms with Gasteiger partial charge in [0.05, 0.1) is 25.8 Å². The van der Waals surface area contributed by atoms with Crippen LogP contribution in [-0.4, -0.2) is 31.0 Å². The van der Waals surface area contributed by atoms with Gasteiger partial charge < -0.3 is 19.9 Å². The molecule has 2 N–H and O–H groups in total. The van der Waals surface area contributed by atoms with Crippen LogP contribution in [0.3, 0.4) is 0 Å². The molecule has 26 heavy (non-hydrogen) atoms. The number of benzene rings is 2. The van der Waals surface area contributed by atoms with E-state index < -0.39 is 17.7 Å². The molecule has 0 spiro atoms. The molecule has 3 rings (SSSR count). The Kier molecular flexibility index (Phi) is 4.99. The van der Waals surface area contributed by atoms with E-state index in [1.165, 1.54) is 14.2 Å². The highest BCUT2D eigenvalue weighted by Crippen LogP contribution is 2.37. The number of carbonyl (C=O) groups excluding carboxylic acids is 2. The maximum absolute atomic E-state index is 12.4. The third-order valence-corrected chi connectivity index (χ3v) is 4.66. The number of Topliss-reactive ketones (excluding diaryl/α,β-unsaturated/α-hetero) is 1. The first-order chi connectivity index (χ1) is 12.5. The van der Waals surface area contributed by atoms with E-state index in [0.29, 0.717) is 22.6 Å². The van der Waals surface area contributed by atoms with Gasteiger partial charge in [0, 0.05) is 10.0 Å². The summed E-state index contributed by atoms with van der Waals surface area (Å²) >= 11 is 3.32. The van der Waals surface area contributed by atoms with Gasteiger partial charge in [-0.25, -0.2) is 0 Å². The van der Waals surface area contributed by atoms with Crippen molar-refractivity contribution in [2.75, 3.05) is 14.2 Å². The van der Waals surface area contributed by atoms with E-state index in [-0.39, 0.29) is 11.3 Å². The molecule has 1 atom stereocenters. The van der Waals surface area contributed by atoms with Crippen LogP contribution in [0.2, 0.25) is 0 Å². The predicted molar refractivity (Wildman–Crippen MR) is 99.1 cm³/mol. The zero-order valence-electron chi connectivity index (χ0n) is 14.1. The second kappa shape index (κ2) is 7.21. The summed E-state index contributed by atoms with van der Waals surface area (Å²) in [7, 11) is 3.01. The summed E-state index contributed by atoms with van der Waals surface area (Å²) in [5, 5.41) is 13.3. The van der Waals surface area contributed by atoms with Crippen LogP contribution in [0.25, 0.3) is 5.76 Å². The number of nitrogens with one attached hydrogen (secondary N) is 1. The average Bonchev–Trinajstić information content (AvgIpc) is 2.96. The molecular weight excluding hydrogens is 402 g/mol. The summed E-state index contributed by atoms with van der Waals surface area (Å²) in [6.07, 6.45) is 0. The molecule has 1 heterocycles. The molecule has 0 radical (unpaired) electrons. The van der Waals surface area contributed by atoms with Gasteiger partial charge in [-0.2, -0.15) is 0 Å². The second-order valence-corrected chi connectivity index (χ2v) is 6.53. The van der Waals surface area contributed by atoms with Crippen LogP contribution in [0, 0.1) is 0 Å². The van der Waals surface area contributed by atoms with Crippen molar-refractivity contribution in [3.63, 3.8) is 0 Å². The van der Waals surface area contributed by atoms with Crippen LogP contribution < -0.4 is 14.8 Å². The van der Waals surface area contributed by atoms with Gasteiger partial charge in [-0.15, -0.1) is 0 Å². The number of aliphatic hydroxyl groups is 1. The molecule has 1 aliphatic heterocycles. The molecule has 0 aliphatic carbocycles. The van der Waals surface area contributed by atoms with Crippen molar-refractivity contribution in [3.05, 3.63) is 63.6 Å². The second-order valence-electron chi connectivity index (χ2n) is 5.62. The SMILES string of the molecule is COc1ccc(C2NC(=O)C(=O)/C2=C(\O)c2ccc(Br)cc2)cc1OC. The first-order valence-corrected chi connectivity index (χ1v) is 8.51. The summed E-state index contributed by atoms with van der Waals surface area (Å²) in [6.45, 7) is 0. The van der Waals surface area contributed by atoms with Crippen molar-refractivity contribution >= 4 is 33.4 Å². The lowest BCUT2D eigenvalue weighted by atomic mass is 9.95. The molecule has 7 heteroatoms. The fraction of sp³-hybridized carbons (Fsp3) is 0.158. The van der Waals surface area contributed by atoms with Gasteiger partial charge in [0.2, 0.25) is 0 Å². The van der Waals surface area contributed by atoms with Crippen molar-refractivity contribution in [3.8, 4) is 11.5 Å². The van der Waals surface area contributed by atoms with Gasteiger partial charge in [0.15, 0.2) is 11.5 Å². The minimum absolute atomic E-state index is 0.00421. The lowest BCUT2D eigenvalue weighted by Crippen LogP contribution is -2.21. The highest BCUT2D eigenvalue weighted by atomic mass is 79.9. The van der Waals surface area contributed by atoms with Gasteiger partial charge in [-0.05, 0) is 29.8 Å². The predicted octanol–water partition coefficient (Wildman–Crippen LogP) is 3.18. The standard InChI is InChI=1S/C19H16BrNO5/c1-25-13-8-5-11(9-14(13)26-2)16-15(18(23)19(24)21-16)17(22)10-3-6-12(20)7-4-10/h3-9,16,22H,1-2H3,(H,21,24)/b17-15-. The largest absolute Gasteiger partial charge is 0.507 e. The van der Waals surface area contributed by atoms with Crippen molar-refractivity contribution in [1.82, 2.24) is 5.32 Å². The maximum atomic E-state index is 12.4. The van der Waals surface area contributed by atoms with Gasteiger partial charge in [0.1, 0.15) is 5.76 Å². The van der Waals surface area contributed by atoms with E-state index in [2.05, 4.69) is 21.2 Å². The molecule has 1 fully saturated rings. The Balaban J connectivity index is 2.11. The van der Waals surface area contributed by atoms with Crippen LogP contribution in [0.15, 0.2) is 52.5 Å². The molecular formula is C19H16BrNO5. The number of rotatable bonds is 4. The summed E-state index contributed by atoms with van der Waals surface area (Å²) < 4.78 is 11.3. The Morgan fingerprint density at radius 2 is 1.69 bits per heavy atom. The maximum Gasteiger partial charge on any atom is 0.293 e. The van der Waals surface area contributed by atoms with Gasteiger partial charge in [0.25, 0.3) is 11.7 Å². The van der Waals surface area contributed by atoms with Crippen LogP contribution in [0.1, 0.15) is 17.2 Å². The van der Waals surface area contributed by atoms with Crippen molar-refractivity contribution < 1.29 is 24.2 Å². The molecule has 6 nitrogen and oxygen atoms in total. The third-order valence-electron chi connectivity index (χ3n) is 4.13. The number of methoxy groups -OCH3 is 2. The monoisotopic (exact) mass is 417 g/mol. The Bertz CT molecular complexity index is 905. The molecule has 134 valence electrons. The number of amides is 1. The number of carbonyl (C=O) groups is 2. The zero-order valence-corrected chi connectivity index (χ0v) is 15.7. The zero-order chi connectivity index (χ0) is 18.8. The average molecular weight is 418 g/mol. The molecule has 0 bridgehead atoms. The first-order valence-electron chi connectivity index (χ1n) is 7.72. The minimum atomic E-state index is -0.779. The molecule has 2 aromatic rings. The van der Waals surface area contributed by atoms with Crippen molar-refractivity contribution in [2.24, 2.45) is 0 Å². The number of hydrogen-bond donors (Lipinski definition) is 2. The number of ether oxygens (including phenoxy) is 2. The Hall–Kier alpha value is -2.80. The fourth-order valence-corrected chi connectivity index (χ4v) is 3.08. The van der Waals surface area contributed by atoms with E-state index in [1.54, 1.807) is 42.5 Å². The smallest absolute Gasteiger partial charge is 0.293 e. The highest BCUT2D eigenvalue weighted by molar-refractivity contribution is 9.10. The Morgan fingerprint density at radius 1 is 1.04 bits per heavy atom. The lowest BCUT2D eigenvalue weighted by Gasteiger charge is -2.16. The van der Waals surface area contributed by atoms with Crippen molar-refractivity contribution in [2.45, 2.75) is 6.04 Å². The quantitative estimate of drug-likeness (QED) is 0.453. The summed E-state index contributed by atoms with van der Waals surface area (Å²) in [5.41, 5.74) is 1.04. The van der Waals surface area contributed by atoms with E-state index in [0.717, 1.165) is 4.47 Å². The first kappa shape index (κ1) is 18.0. The van der Waals surface area contributed by atoms with E-state index in [9.17, 15) is 14.7 Å². The molecule has 1 aliphatic rings. The highest BCUT2D eigenvalue weighted by Gasteiger charge is 2.39. The van der Waals surface area contributed by atoms with Crippen LogP contribution in [-0.2, 0) is 9.59 Å². The van der Waals surface area contributed by atoms with Gasteiger partial charge >= 0.3 is 0 Å². The summed E-state index contributed by atoms with van der Waals surface area (Å²) in [6, 6.07) is 11.1. The van der Waals surface area contributed by atoms with Crippen LogP contribution >= 0.6 is 15.9 Å². The summed E-state index contributed by atoms with van der Waals surface area (Å²) in [5.74, 6) is -0.773. The Morgan fingerprint density at radius 3 is 2.31 bits per heavy atom. The molecule has 1 saturated heterocycles. The summed E-state index contributed by atoms with van der Waals surface area (Å²) in [4.78, 5) is 24.3. The van der Waals surface area contributed by atoms with Crippen LogP contribution in [0.4, 0.5) is 0 Å². The minimum Gasteiger partial charge on any atom is -0.507 e. The molecule has 2 aromatic carbocycles. The third kappa shape index (κ3) is 3.17. The lowest BCUT2D eigenvalue weighted by molar-refractivity contribution is -0.133. The topological polar surface area (TPSA) is 84.9 Å². The van der Waals surface area contributed by atoms with E-state index in [4.69, 9.17) is 9.47 Å². The molecule has 1 unspecified atom stereocenters. The van der Waals surface area contributed by atoms with Crippen LogP contribution in [0.5, 0.6) is 11.5 Å². The molecule has 0 saturated carbocycles. The number of aliphatic hydroxyl groups excluding tert-OH is 1. The normalized spacial score (nSPS) is 18.5. The van der Waals surface area contributed by atoms with Gasteiger partial charge in [-0.1, -0.05) is 34.1 Å². The number of halogens is 1. The number of hydrogen-bond acceptors (Lipinski definition) is 5. The number of ketones is 1. The fourth-order valence-electron chi connectivity index (χ4n) is 2.81. The Labute approximate surface area is 158 Å². The van der Waals surface area contributed by atoms with E-state index >= 15 is 0 Å². The van der Waals surface area contributed by atoms with E-state index in [1.807, 2.05) is 0 Å².